The van der Waals surface area contributed by atoms with E-state index in [1.807, 2.05) is 11.9 Å². The highest BCUT2D eigenvalue weighted by molar-refractivity contribution is 5.78. The molecule has 0 aromatic heterocycles. The average molecular weight is 281 g/mol. The van der Waals surface area contributed by atoms with Crippen molar-refractivity contribution in [2.45, 2.75) is 51.5 Å². The monoisotopic (exact) mass is 281 g/mol. The van der Waals surface area contributed by atoms with Gasteiger partial charge in [-0.15, -0.1) is 0 Å². The number of nitrogens with two attached hydrogens (primary N) is 1. The molecule has 0 aromatic rings. The summed E-state index contributed by atoms with van der Waals surface area (Å²) < 4.78 is 0. The number of likely N-dealkylation sites (tertiary alicyclic amines) is 1. The van der Waals surface area contributed by atoms with E-state index in [4.69, 9.17) is 5.73 Å². The maximum atomic E-state index is 12.6. The summed E-state index contributed by atoms with van der Waals surface area (Å²) in [6.07, 6.45) is 6.94. The van der Waals surface area contributed by atoms with Gasteiger partial charge in [0.15, 0.2) is 0 Å². The van der Waals surface area contributed by atoms with Crippen molar-refractivity contribution in [1.82, 2.24) is 9.80 Å². The smallest absolute Gasteiger partial charge is 0.225 e. The zero-order valence-electron chi connectivity index (χ0n) is 13.2. The van der Waals surface area contributed by atoms with Gasteiger partial charge in [0.05, 0.1) is 0 Å². The van der Waals surface area contributed by atoms with Crippen molar-refractivity contribution in [3.8, 4) is 0 Å². The van der Waals surface area contributed by atoms with Gasteiger partial charge in [0, 0.05) is 25.6 Å². The number of hydrogen-bond donors (Lipinski definition) is 1. The highest BCUT2D eigenvalue weighted by Gasteiger charge is 2.31. The molecule has 4 heteroatoms. The minimum atomic E-state index is 0.221. The standard InChI is InChI=1S/C16H31N3O/c1-3-19-9-5-8-15(19)12-18(2)16(20)14-7-4-6-13(10-14)11-17/h13-15H,3-12,17H2,1-2H3. The second-order valence-corrected chi connectivity index (χ2v) is 6.61. The molecule has 1 saturated carbocycles. The Hall–Kier alpha value is -0.610. The van der Waals surface area contributed by atoms with Crippen LogP contribution in [0.15, 0.2) is 0 Å². The van der Waals surface area contributed by atoms with E-state index in [0.717, 1.165) is 38.9 Å². The van der Waals surface area contributed by atoms with E-state index >= 15 is 0 Å². The first-order chi connectivity index (χ1) is 9.65. The summed E-state index contributed by atoms with van der Waals surface area (Å²) in [5, 5.41) is 0. The van der Waals surface area contributed by atoms with Crippen molar-refractivity contribution in [2.75, 3.05) is 33.2 Å². The maximum absolute atomic E-state index is 12.6. The van der Waals surface area contributed by atoms with Gasteiger partial charge in [0.2, 0.25) is 5.91 Å². The molecule has 116 valence electrons. The van der Waals surface area contributed by atoms with Crippen LogP contribution < -0.4 is 5.73 Å². The first-order valence-electron chi connectivity index (χ1n) is 8.34. The normalized spacial score (nSPS) is 31.4. The van der Waals surface area contributed by atoms with E-state index in [-0.39, 0.29) is 5.92 Å². The molecular formula is C16H31N3O. The Morgan fingerprint density at radius 2 is 2.10 bits per heavy atom. The van der Waals surface area contributed by atoms with E-state index in [1.165, 1.54) is 25.8 Å². The minimum absolute atomic E-state index is 0.221. The van der Waals surface area contributed by atoms with Gasteiger partial charge in [0.25, 0.3) is 0 Å². The zero-order valence-corrected chi connectivity index (χ0v) is 13.2. The number of amides is 1. The predicted octanol–water partition coefficient (Wildman–Crippen LogP) is 1.69. The number of carbonyl (C=O) groups is 1. The summed E-state index contributed by atoms with van der Waals surface area (Å²) in [6, 6.07) is 0.572. The molecule has 4 nitrogen and oxygen atoms in total. The molecule has 2 aliphatic rings. The average Bonchev–Trinajstić information content (AvgIpc) is 2.93. The molecule has 3 atom stereocenters. The van der Waals surface area contributed by atoms with Crippen LogP contribution in [0.5, 0.6) is 0 Å². The zero-order chi connectivity index (χ0) is 14.5. The summed E-state index contributed by atoms with van der Waals surface area (Å²) in [4.78, 5) is 17.1. The van der Waals surface area contributed by atoms with Crippen LogP contribution >= 0.6 is 0 Å². The highest BCUT2D eigenvalue weighted by Crippen LogP contribution is 2.30. The van der Waals surface area contributed by atoms with Gasteiger partial charge in [-0.25, -0.2) is 0 Å². The lowest BCUT2D eigenvalue weighted by atomic mass is 9.81. The number of carbonyl (C=O) groups excluding carboxylic acids is 1. The van der Waals surface area contributed by atoms with Gasteiger partial charge in [-0.3, -0.25) is 9.69 Å². The lowest BCUT2D eigenvalue weighted by Gasteiger charge is -2.33. The third-order valence-electron chi connectivity index (χ3n) is 5.23. The van der Waals surface area contributed by atoms with Crippen LogP contribution in [-0.4, -0.2) is 55.0 Å². The van der Waals surface area contributed by atoms with Gasteiger partial charge in [-0.1, -0.05) is 13.3 Å². The third kappa shape index (κ3) is 3.73. The topological polar surface area (TPSA) is 49.6 Å². The van der Waals surface area contributed by atoms with Gasteiger partial charge in [-0.2, -0.15) is 0 Å². The molecular weight excluding hydrogens is 250 g/mol. The first kappa shape index (κ1) is 15.8. The van der Waals surface area contributed by atoms with E-state index in [0.29, 0.717) is 17.9 Å². The van der Waals surface area contributed by atoms with E-state index in [2.05, 4.69) is 11.8 Å². The number of hydrogen-bond acceptors (Lipinski definition) is 3. The van der Waals surface area contributed by atoms with Crippen LogP contribution in [0.25, 0.3) is 0 Å². The highest BCUT2D eigenvalue weighted by atomic mass is 16.2. The van der Waals surface area contributed by atoms with Crippen molar-refractivity contribution in [2.24, 2.45) is 17.6 Å². The van der Waals surface area contributed by atoms with Crippen LogP contribution in [0, 0.1) is 11.8 Å². The van der Waals surface area contributed by atoms with E-state index in [9.17, 15) is 4.79 Å². The lowest BCUT2D eigenvalue weighted by molar-refractivity contribution is -0.136. The van der Waals surface area contributed by atoms with Gasteiger partial charge < -0.3 is 10.6 Å². The van der Waals surface area contributed by atoms with Gasteiger partial charge in [-0.05, 0) is 57.7 Å². The number of nitrogens with zero attached hydrogens (tertiary/aromatic N) is 2. The molecule has 2 fully saturated rings. The molecule has 0 aromatic carbocycles. The van der Waals surface area contributed by atoms with Crippen molar-refractivity contribution < 1.29 is 4.79 Å². The molecule has 1 aliphatic carbocycles. The van der Waals surface area contributed by atoms with E-state index in [1.54, 1.807) is 0 Å². The molecule has 2 N–H and O–H groups in total. The van der Waals surface area contributed by atoms with Crippen LogP contribution in [0.1, 0.15) is 45.4 Å². The molecule has 2 rings (SSSR count). The van der Waals surface area contributed by atoms with Crippen molar-refractivity contribution in [3.05, 3.63) is 0 Å². The predicted molar refractivity (Wildman–Crippen MR) is 82.4 cm³/mol. The van der Waals surface area contributed by atoms with Crippen molar-refractivity contribution >= 4 is 5.91 Å². The maximum Gasteiger partial charge on any atom is 0.225 e. The summed E-state index contributed by atoms with van der Waals surface area (Å²) in [5.74, 6) is 1.13. The Morgan fingerprint density at radius 1 is 1.30 bits per heavy atom. The quantitative estimate of drug-likeness (QED) is 0.834. The molecule has 3 unspecified atom stereocenters. The molecule has 1 amide bonds. The molecule has 20 heavy (non-hydrogen) atoms. The van der Waals surface area contributed by atoms with E-state index < -0.39 is 0 Å². The van der Waals surface area contributed by atoms with Gasteiger partial charge in [0.1, 0.15) is 0 Å². The molecule has 0 radical (unpaired) electrons. The summed E-state index contributed by atoms with van der Waals surface area (Å²) in [6.45, 7) is 6.15. The summed E-state index contributed by atoms with van der Waals surface area (Å²) in [5.41, 5.74) is 5.78. The van der Waals surface area contributed by atoms with Crippen molar-refractivity contribution in [3.63, 3.8) is 0 Å². The number of rotatable bonds is 5. The third-order valence-corrected chi connectivity index (χ3v) is 5.23. The number of likely N-dealkylation sites (N-methyl/N-ethyl adjacent to an activating group) is 2. The van der Waals surface area contributed by atoms with Crippen LogP contribution in [0.4, 0.5) is 0 Å². The molecule has 1 heterocycles. The fourth-order valence-electron chi connectivity index (χ4n) is 3.97. The summed E-state index contributed by atoms with van der Waals surface area (Å²) in [7, 11) is 1.99. The second-order valence-electron chi connectivity index (χ2n) is 6.61. The fourth-order valence-corrected chi connectivity index (χ4v) is 3.97. The lowest BCUT2D eigenvalue weighted by Crippen LogP contribution is -2.44. The Balaban J connectivity index is 1.85. The van der Waals surface area contributed by atoms with Crippen LogP contribution in [0.3, 0.4) is 0 Å². The second kappa shape index (κ2) is 7.41. The van der Waals surface area contributed by atoms with Crippen LogP contribution in [0.2, 0.25) is 0 Å². The Kier molecular flexibility index (Phi) is 5.85. The summed E-state index contributed by atoms with van der Waals surface area (Å²) >= 11 is 0. The Morgan fingerprint density at radius 3 is 2.80 bits per heavy atom. The largest absolute Gasteiger partial charge is 0.344 e. The fraction of sp³-hybridized carbons (Fsp3) is 0.938. The molecule has 0 bridgehead atoms. The minimum Gasteiger partial charge on any atom is -0.344 e. The SMILES string of the molecule is CCN1CCCC1CN(C)C(=O)C1CCCC(CN)C1. The first-order valence-corrected chi connectivity index (χ1v) is 8.34. The van der Waals surface area contributed by atoms with Crippen molar-refractivity contribution in [1.29, 1.82) is 0 Å². The molecule has 0 spiro atoms. The van der Waals surface area contributed by atoms with Gasteiger partial charge >= 0.3 is 0 Å². The molecule has 1 aliphatic heterocycles. The molecule has 1 saturated heterocycles. The Bertz CT molecular complexity index is 321. The Labute approximate surface area is 123 Å². The van der Waals surface area contributed by atoms with Crippen LogP contribution in [-0.2, 0) is 4.79 Å².